The Labute approximate surface area is 132 Å². The van der Waals surface area contributed by atoms with Crippen LogP contribution in [0, 0.1) is 0 Å². The molecule has 1 aliphatic carbocycles. The van der Waals surface area contributed by atoms with Crippen molar-refractivity contribution in [3.05, 3.63) is 24.3 Å². The van der Waals surface area contributed by atoms with Crippen molar-refractivity contribution in [3.63, 3.8) is 0 Å². The fourth-order valence-corrected chi connectivity index (χ4v) is 2.35. The van der Waals surface area contributed by atoms with E-state index in [1.165, 1.54) is 12.8 Å². The zero-order valence-electron chi connectivity index (χ0n) is 13.4. The molecule has 122 valence electrons. The van der Waals surface area contributed by atoms with Gasteiger partial charge in [0, 0.05) is 26.2 Å². The largest absolute Gasteiger partial charge is 0.495 e. The monoisotopic (exact) mass is 306 g/mol. The normalized spacial score (nSPS) is 15.1. The summed E-state index contributed by atoms with van der Waals surface area (Å²) < 4.78 is 10.4. The molecule has 0 spiro atoms. The van der Waals surface area contributed by atoms with E-state index in [0.717, 1.165) is 31.1 Å². The lowest BCUT2D eigenvalue weighted by Crippen LogP contribution is -2.33. The van der Waals surface area contributed by atoms with Crippen LogP contribution < -0.4 is 15.8 Å². The van der Waals surface area contributed by atoms with Crippen LogP contribution in [0.5, 0.6) is 5.75 Å². The number of nitrogens with one attached hydrogen (secondary N) is 1. The van der Waals surface area contributed by atoms with Gasteiger partial charge in [0.25, 0.3) is 0 Å². The summed E-state index contributed by atoms with van der Waals surface area (Å²) in [5.74, 6) is 1.16. The van der Waals surface area contributed by atoms with Crippen LogP contribution in [-0.4, -0.2) is 57.4 Å². The Kier molecular flexibility index (Phi) is 6.48. The lowest BCUT2D eigenvalue weighted by molar-refractivity contribution is 0.145. The fraction of sp³-hybridized carbons (Fsp3) is 0.562. The Hall–Kier alpha value is -1.79. The summed E-state index contributed by atoms with van der Waals surface area (Å²) >= 11 is 0. The first-order valence-corrected chi connectivity index (χ1v) is 7.67. The molecule has 1 aromatic rings. The molecular formula is C16H26N4O2. The Bertz CT molecular complexity index is 489. The molecule has 0 radical (unpaired) electrons. The third-order valence-corrected chi connectivity index (χ3v) is 3.68. The van der Waals surface area contributed by atoms with E-state index in [9.17, 15) is 0 Å². The van der Waals surface area contributed by atoms with Crippen molar-refractivity contribution in [2.75, 3.05) is 45.8 Å². The molecule has 1 fully saturated rings. The van der Waals surface area contributed by atoms with E-state index in [1.54, 1.807) is 14.2 Å². The number of anilines is 1. The van der Waals surface area contributed by atoms with Gasteiger partial charge in [-0.15, -0.1) is 0 Å². The zero-order valence-corrected chi connectivity index (χ0v) is 13.4. The molecule has 0 aliphatic heterocycles. The number of rotatable bonds is 9. The molecule has 1 aromatic carbocycles. The number of guanidine groups is 1. The van der Waals surface area contributed by atoms with Crippen LogP contribution in [0.4, 0.5) is 5.69 Å². The van der Waals surface area contributed by atoms with Crippen molar-refractivity contribution in [1.82, 2.24) is 4.90 Å². The molecule has 2 rings (SSSR count). The highest BCUT2D eigenvalue weighted by atomic mass is 16.5. The number of benzene rings is 1. The number of hydrogen-bond donors (Lipinski definition) is 2. The maximum Gasteiger partial charge on any atom is 0.193 e. The van der Waals surface area contributed by atoms with Gasteiger partial charge in [0.05, 0.1) is 25.9 Å². The number of ether oxygens (including phenoxy) is 2. The molecular weight excluding hydrogens is 280 g/mol. The smallest absolute Gasteiger partial charge is 0.193 e. The summed E-state index contributed by atoms with van der Waals surface area (Å²) in [6, 6.07) is 8.35. The molecule has 0 heterocycles. The lowest BCUT2D eigenvalue weighted by Gasteiger charge is -2.20. The first-order chi connectivity index (χ1) is 10.7. The maximum absolute atomic E-state index is 5.95. The van der Waals surface area contributed by atoms with E-state index in [1.807, 2.05) is 24.3 Å². The first-order valence-electron chi connectivity index (χ1n) is 7.67. The number of hydrogen-bond acceptors (Lipinski definition) is 4. The molecule has 1 saturated carbocycles. The van der Waals surface area contributed by atoms with Crippen LogP contribution in [0.25, 0.3) is 0 Å². The number of aliphatic imine (C=N–C) groups is 1. The van der Waals surface area contributed by atoms with Gasteiger partial charge in [-0.2, -0.15) is 0 Å². The summed E-state index contributed by atoms with van der Waals surface area (Å²) in [6.07, 6.45) is 2.56. The van der Waals surface area contributed by atoms with Crippen molar-refractivity contribution in [2.45, 2.75) is 18.9 Å². The summed E-state index contributed by atoms with van der Waals surface area (Å²) in [5, 5.41) is 3.08. The van der Waals surface area contributed by atoms with Crippen molar-refractivity contribution in [3.8, 4) is 5.75 Å². The third-order valence-electron chi connectivity index (χ3n) is 3.68. The van der Waals surface area contributed by atoms with E-state index in [4.69, 9.17) is 15.2 Å². The minimum atomic E-state index is 0.409. The van der Waals surface area contributed by atoms with Gasteiger partial charge >= 0.3 is 0 Å². The van der Waals surface area contributed by atoms with Crippen molar-refractivity contribution >= 4 is 11.6 Å². The number of methoxy groups -OCH3 is 2. The zero-order chi connectivity index (χ0) is 15.8. The SMILES string of the molecule is COCCN(CCN=C(N)Nc1ccccc1OC)C1CC1. The maximum atomic E-state index is 5.95. The molecule has 22 heavy (non-hydrogen) atoms. The Balaban J connectivity index is 1.81. The second kappa shape index (κ2) is 8.60. The van der Waals surface area contributed by atoms with Crippen LogP contribution in [0.2, 0.25) is 0 Å². The van der Waals surface area contributed by atoms with Gasteiger partial charge in [-0.1, -0.05) is 12.1 Å². The van der Waals surface area contributed by atoms with Crippen LogP contribution in [0.1, 0.15) is 12.8 Å². The molecule has 0 bridgehead atoms. The highest BCUT2D eigenvalue weighted by Gasteiger charge is 2.27. The Morgan fingerprint density at radius 1 is 1.32 bits per heavy atom. The number of nitrogens with two attached hydrogens (primary N) is 1. The summed E-state index contributed by atoms with van der Waals surface area (Å²) in [4.78, 5) is 6.82. The molecule has 0 saturated heterocycles. The molecule has 6 nitrogen and oxygen atoms in total. The van der Waals surface area contributed by atoms with Gasteiger partial charge < -0.3 is 20.5 Å². The van der Waals surface area contributed by atoms with E-state index in [2.05, 4.69) is 15.2 Å². The highest BCUT2D eigenvalue weighted by Crippen LogP contribution is 2.26. The number of nitrogens with zero attached hydrogens (tertiary/aromatic N) is 2. The predicted molar refractivity (Wildman–Crippen MR) is 89.6 cm³/mol. The van der Waals surface area contributed by atoms with Gasteiger partial charge in [0.2, 0.25) is 0 Å². The van der Waals surface area contributed by atoms with Crippen LogP contribution in [0.15, 0.2) is 29.3 Å². The van der Waals surface area contributed by atoms with Gasteiger partial charge in [0.15, 0.2) is 5.96 Å². The minimum Gasteiger partial charge on any atom is -0.495 e. The average molecular weight is 306 g/mol. The molecule has 0 unspecified atom stereocenters. The van der Waals surface area contributed by atoms with Gasteiger partial charge in [-0.25, -0.2) is 0 Å². The first kappa shape index (κ1) is 16.6. The molecule has 0 amide bonds. The lowest BCUT2D eigenvalue weighted by atomic mass is 10.3. The predicted octanol–water partition coefficient (Wildman–Crippen LogP) is 1.53. The van der Waals surface area contributed by atoms with Crippen LogP contribution >= 0.6 is 0 Å². The topological polar surface area (TPSA) is 72.1 Å². The molecule has 6 heteroatoms. The quantitative estimate of drug-likeness (QED) is 0.535. The van der Waals surface area contributed by atoms with Crippen LogP contribution in [0.3, 0.4) is 0 Å². The summed E-state index contributed by atoms with van der Waals surface area (Å²) in [6.45, 7) is 3.29. The number of para-hydroxylation sites is 2. The molecule has 3 N–H and O–H groups in total. The third kappa shape index (κ3) is 5.20. The summed E-state index contributed by atoms with van der Waals surface area (Å²) in [5.41, 5.74) is 6.77. The summed E-state index contributed by atoms with van der Waals surface area (Å²) in [7, 11) is 3.37. The second-order valence-electron chi connectivity index (χ2n) is 5.35. The molecule has 0 aromatic heterocycles. The average Bonchev–Trinajstić information content (AvgIpc) is 3.36. The van der Waals surface area contributed by atoms with Crippen molar-refractivity contribution < 1.29 is 9.47 Å². The fourth-order valence-electron chi connectivity index (χ4n) is 2.35. The molecule has 1 aliphatic rings. The van der Waals surface area contributed by atoms with Gasteiger partial charge in [-0.3, -0.25) is 9.89 Å². The van der Waals surface area contributed by atoms with Crippen molar-refractivity contribution in [2.24, 2.45) is 10.7 Å². The van der Waals surface area contributed by atoms with Gasteiger partial charge in [-0.05, 0) is 25.0 Å². The van der Waals surface area contributed by atoms with E-state index >= 15 is 0 Å². The Morgan fingerprint density at radius 2 is 2.09 bits per heavy atom. The highest BCUT2D eigenvalue weighted by molar-refractivity contribution is 5.93. The van der Waals surface area contributed by atoms with E-state index in [-0.39, 0.29) is 0 Å². The minimum absolute atomic E-state index is 0.409. The standard InChI is InChI=1S/C16H26N4O2/c1-21-12-11-20(13-7-8-13)10-9-18-16(17)19-14-5-3-4-6-15(14)22-2/h3-6,13H,7-12H2,1-2H3,(H3,17,18,19). The van der Waals surface area contributed by atoms with E-state index in [0.29, 0.717) is 18.5 Å². The van der Waals surface area contributed by atoms with Crippen molar-refractivity contribution in [1.29, 1.82) is 0 Å². The van der Waals surface area contributed by atoms with Crippen LogP contribution in [-0.2, 0) is 4.74 Å². The Morgan fingerprint density at radius 3 is 2.77 bits per heavy atom. The van der Waals surface area contributed by atoms with Gasteiger partial charge in [0.1, 0.15) is 5.75 Å². The molecule has 0 atom stereocenters. The van der Waals surface area contributed by atoms with E-state index < -0.39 is 0 Å². The second-order valence-corrected chi connectivity index (χ2v) is 5.35.